The number of hydrogen-bond acceptors (Lipinski definition) is 4. The Kier molecular flexibility index (Phi) is 7.85. The SMILES string of the molecule is CC(C)(C)OC(=O)NCCC(=O)N1CCN(C/C=C/c2ccccc2)CC1. The maximum absolute atomic E-state index is 12.3. The van der Waals surface area contributed by atoms with E-state index in [-0.39, 0.29) is 5.91 Å². The number of ether oxygens (including phenoxy) is 1. The Morgan fingerprint density at radius 3 is 2.41 bits per heavy atom. The van der Waals surface area contributed by atoms with Gasteiger partial charge in [0.1, 0.15) is 5.60 Å². The molecule has 0 unspecified atom stereocenters. The number of piperazine rings is 1. The highest BCUT2D eigenvalue weighted by atomic mass is 16.6. The van der Waals surface area contributed by atoms with Crippen LogP contribution in [-0.2, 0) is 9.53 Å². The molecular weight excluding hydrogens is 342 g/mol. The van der Waals surface area contributed by atoms with E-state index in [0.717, 1.165) is 32.7 Å². The zero-order valence-corrected chi connectivity index (χ0v) is 16.6. The van der Waals surface area contributed by atoms with E-state index in [1.807, 2.05) is 43.9 Å². The van der Waals surface area contributed by atoms with Gasteiger partial charge in [-0.3, -0.25) is 9.69 Å². The molecule has 0 bridgehead atoms. The normalized spacial score (nSPS) is 15.7. The number of carbonyl (C=O) groups is 2. The van der Waals surface area contributed by atoms with E-state index < -0.39 is 11.7 Å². The van der Waals surface area contributed by atoms with Crippen LogP contribution in [-0.4, -0.2) is 66.7 Å². The van der Waals surface area contributed by atoms with Crippen molar-refractivity contribution in [2.45, 2.75) is 32.8 Å². The molecule has 1 heterocycles. The number of hydrogen-bond donors (Lipinski definition) is 1. The van der Waals surface area contributed by atoms with E-state index in [9.17, 15) is 9.59 Å². The van der Waals surface area contributed by atoms with Crippen LogP contribution in [0.25, 0.3) is 6.08 Å². The van der Waals surface area contributed by atoms with Crippen LogP contribution in [0, 0.1) is 0 Å². The van der Waals surface area contributed by atoms with Crippen LogP contribution in [0.15, 0.2) is 36.4 Å². The molecule has 0 atom stereocenters. The molecule has 1 saturated heterocycles. The molecule has 0 aromatic heterocycles. The first-order valence-electron chi connectivity index (χ1n) is 9.52. The van der Waals surface area contributed by atoms with Crippen molar-refractivity contribution in [3.05, 3.63) is 42.0 Å². The van der Waals surface area contributed by atoms with Gasteiger partial charge in [-0.1, -0.05) is 42.5 Å². The van der Waals surface area contributed by atoms with Crippen LogP contribution in [0.1, 0.15) is 32.8 Å². The Labute approximate surface area is 162 Å². The first-order valence-corrected chi connectivity index (χ1v) is 9.52. The lowest BCUT2D eigenvalue weighted by Crippen LogP contribution is -2.49. The predicted octanol–water partition coefficient (Wildman–Crippen LogP) is 2.76. The number of alkyl carbamates (subject to hydrolysis) is 1. The molecule has 27 heavy (non-hydrogen) atoms. The van der Waals surface area contributed by atoms with Gasteiger partial charge in [0.05, 0.1) is 0 Å². The van der Waals surface area contributed by atoms with Crippen LogP contribution in [0.3, 0.4) is 0 Å². The molecule has 6 nitrogen and oxygen atoms in total. The molecule has 1 aromatic carbocycles. The average Bonchev–Trinajstić information content (AvgIpc) is 2.61. The van der Waals surface area contributed by atoms with Crippen molar-refractivity contribution < 1.29 is 14.3 Å². The molecule has 1 N–H and O–H groups in total. The van der Waals surface area contributed by atoms with Crippen LogP contribution in [0.5, 0.6) is 0 Å². The number of amides is 2. The highest BCUT2D eigenvalue weighted by molar-refractivity contribution is 5.77. The number of nitrogens with one attached hydrogen (secondary N) is 1. The second kappa shape index (κ2) is 10.1. The maximum Gasteiger partial charge on any atom is 0.407 e. The fraction of sp³-hybridized carbons (Fsp3) is 0.524. The molecule has 0 aliphatic carbocycles. The molecule has 2 rings (SSSR count). The summed E-state index contributed by atoms with van der Waals surface area (Å²) in [6.45, 7) is 9.80. The standard InChI is InChI=1S/C21H31N3O3/c1-21(2,3)27-20(26)22-12-11-19(25)24-16-14-23(15-17-24)13-7-10-18-8-5-4-6-9-18/h4-10H,11-17H2,1-3H3,(H,22,26)/b10-7+. The first-order chi connectivity index (χ1) is 12.8. The molecule has 1 aliphatic heterocycles. The minimum Gasteiger partial charge on any atom is -0.444 e. The topological polar surface area (TPSA) is 61.9 Å². The van der Waals surface area contributed by atoms with Gasteiger partial charge in [-0.15, -0.1) is 0 Å². The summed E-state index contributed by atoms with van der Waals surface area (Å²) >= 11 is 0. The molecule has 0 spiro atoms. The third kappa shape index (κ3) is 8.26. The van der Waals surface area contributed by atoms with Crippen molar-refractivity contribution in [1.29, 1.82) is 0 Å². The van der Waals surface area contributed by atoms with Gasteiger partial charge in [-0.25, -0.2) is 4.79 Å². The molecule has 1 aliphatic rings. The highest BCUT2D eigenvalue weighted by Gasteiger charge is 2.21. The van der Waals surface area contributed by atoms with Gasteiger partial charge in [-0.05, 0) is 26.3 Å². The van der Waals surface area contributed by atoms with Crippen LogP contribution >= 0.6 is 0 Å². The van der Waals surface area contributed by atoms with Gasteiger partial charge in [0.15, 0.2) is 0 Å². The Morgan fingerprint density at radius 2 is 1.78 bits per heavy atom. The Balaban J connectivity index is 1.62. The minimum atomic E-state index is -0.528. The van der Waals surface area contributed by atoms with Crippen LogP contribution in [0.2, 0.25) is 0 Å². The summed E-state index contributed by atoms with van der Waals surface area (Å²) in [6, 6.07) is 10.2. The second-order valence-corrected chi connectivity index (χ2v) is 7.67. The van der Waals surface area contributed by atoms with Crippen molar-refractivity contribution in [2.24, 2.45) is 0 Å². The number of nitrogens with zero attached hydrogens (tertiary/aromatic N) is 2. The predicted molar refractivity (Wildman–Crippen MR) is 107 cm³/mol. The third-order valence-corrected chi connectivity index (χ3v) is 4.21. The Morgan fingerprint density at radius 1 is 1.11 bits per heavy atom. The van der Waals surface area contributed by atoms with Crippen LogP contribution in [0.4, 0.5) is 4.79 Å². The molecular formula is C21H31N3O3. The van der Waals surface area contributed by atoms with Crippen molar-refractivity contribution in [3.8, 4) is 0 Å². The van der Waals surface area contributed by atoms with E-state index in [2.05, 4.69) is 34.5 Å². The zero-order chi connectivity index (χ0) is 19.7. The highest BCUT2D eigenvalue weighted by Crippen LogP contribution is 2.07. The molecule has 1 aromatic rings. The summed E-state index contributed by atoms with van der Waals surface area (Å²) < 4.78 is 5.16. The lowest BCUT2D eigenvalue weighted by atomic mass is 10.2. The second-order valence-electron chi connectivity index (χ2n) is 7.67. The Hall–Kier alpha value is -2.34. The molecule has 1 fully saturated rings. The zero-order valence-electron chi connectivity index (χ0n) is 16.6. The van der Waals surface area contributed by atoms with E-state index in [1.54, 1.807) is 0 Å². The maximum atomic E-state index is 12.3. The first kappa shape index (κ1) is 21.0. The van der Waals surface area contributed by atoms with E-state index in [0.29, 0.717) is 13.0 Å². The summed E-state index contributed by atoms with van der Waals surface area (Å²) in [4.78, 5) is 28.1. The number of carbonyl (C=O) groups excluding carboxylic acids is 2. The van der Waals surface area contributed by atoms with E-state index >= 15 is 0 Å². The summed E-state index contributed by atoms with van der Waals surface area (Å²) in [5.74, 6) is 0.0746. The minimum absolute atomic E-state index is 0.0746. The Bertz CT molecular complexity index is 630. The van der Waals surface area contributed by atoms with Gasteiger partial charge in [0.2, 0.25) is 5.91 Å². The largest absolute Gasteiger partial charge is 0.444 e. The molecule has 0 radical (unpaired) electrons. The molecule has 2 amide bonds. The third-order valence-electron chi connectivity index (χ3n) is 4.21. The summed E-state index contributed by atoms with van der Waals surface area (Å²) in [7, 11) is 0. The van der Waals surface area contributed by atoms with Crippen molar-refractivity contribution >= 4 is 18.1 Å². The van der Waals surface area contributed by atoms with Gasteiger partial charge < -0.3 is 15.0 Å². The fourth-order valence-corrected chi connectivity index (χ4v) is 2.83. The van der Waals surface area contributed by atoms with Gasteiger partial charge in [-0.2, -0.15) is 0 Å². The van der Waals surface area contributed by atoms with Gasteiger partial charge in [0.25, 0.3) is 0 Å². The molecule has 0 saturated carbocycles. The van der Waals surface area contributed by atoms with Crippen LogP contribution < -0.4 is 5.32 Å². The average molecular weight is 373 g/mol. The molecule has 6 heteroatoms. The summed E-state index contributed by atoms with van der Waals surface area (Å²) in [5.41, 5.74) is 0.670. The summed E-state index contributed by atoms with van der Waals surface area (Å²) in [5, 5.41) is 2.63. The van der Waals surface area contributed by atoms with E-state index in [4.69, 9.17) is 4.74 Å². The lowest BCUT2D eigenvalue weighted by Gasteiger charge is -2.34. The summed E-state index contributed by atoms with van der Waals surface area (Å²) in [6.07, 6.45) is 4.11. The van der Waals surface area contributed by atoms with Crippen molar-refractivity contribution in [2.75, 3.05) is 39.3 Å². The lowest BCUT2D eigenvalue weighted by molar-refractivity contribution is -0.132. The van der Waals surface area contributed by atoms with Gasteiger partial charge >= 0.3 is 6.09 Å². The number of benzene rings is 1. The number of rotatable bonds is 6. The van der Waals surface area contributed by atoms with Crippen molar-refractivity contribution in [3.63, 3.8) is 0 Å². The smallest absolute Gasteiger partial charge is 0.407 e. The van der Waals surface area contributed by atoms with Crippen molar-refractivity contribution in [1.82, 2.24) is 15.1 Å². The van der Waals surface area contributed by atoms with Gasteiger partial charge in [0, 0.05) is 45.7 Å². The van der Waals surface area contributed by atoms with E-state index in [1.165, 1.54) is 5.56 Å². The molecule has 148 valence electrons. The monoisotopic (exact) mass is 373 g/mol. The quantitative estimate of drug-likeness (QED) is 0.833. The fourth-order valence-electron chi connectivity index (χ4n) is 2.83.